The summed E-state index contributed by atoms with van der Waals surface area (Å²) in [6.07, 6.45) is 3.79. The minimum atomic E-state index is 0.256. The lowest BCUT2D eigenvalue weighted by atomic mass is 9.97. The fraction of sp³-hybridized carbons (Fsp3) is 0.357. The Balaban J connectivity index is 2.07. The molecule has 0 aliphatic rings. The summed E-state index contributed by atoms with van der Waals surface area (Å²) in [6.45, 7) is 4.27. The van der Waals surface area contributed by atoms with Crippen LogP contribution in [0.5, 0.6) is 0 Å². The summed E-state index contributed by atoms with van der Waals surface area (Å²) < 4.78 is 0. The lowest BCUT2D eigenvalue weighted by Crippen LogP contribution is -2.38. The van der Waals surface area contributed by atoms with Gasteiger partial charge in [0, 0.05) is 23.5 Å². The summed E-state index contributed by atoms with van der Waals surface area (Å²) in [6, 6.07) is 6.82. The normalized spacial score (nSPS) is 12.6. The maximum atomic E-state index is 5.66. The van der Waals surface area contributed by atoms with E-state index in [2.05, 4.69) is 42.5 Å². The predicted molar refractivity (Wildman–Crippen MR) is 76.5 cm³/mol. The molecule has 0 saturated heterocycles. The Morgan fingerprint density at radius 2 is 2.17 bits per heavy atom. The Labute approximate surface area is 112 Å². The molecule has 96 valence electrons. The molecule has 3 nitrogen and oxygen atoms in total. The fourth-order valence-electron chi connectivity index (χ4n) is 2.06. The second-order valence-electron chi connectivity index (χ2n) is 4.67. The van der Waals surface area contributed by atoms with Crippen molar-refractivity contribution in [2.75, 3.05) is 0 Å². The highest BCUT2D eigenvalue weighted by molar-refractivity contribution is 7.09. The Morgan fingerprint density at radius 3 is 2.83 bits per heavy atom. The molecular weight excluding hydrogens is 242 g/mol. The van der Waals surface area contributed by atoms with E-state index in [-0.39, 0.29) is 6.04 Å². The van der Waals surface area contributed by atoms with Crippen LogP contribution in [0.25, 0.3) is 0 Å². The average Bonchev–Trinajstić information content (AvgIpc) is 2.85. The quantitative estimate of drug-likeness (QED) is 0.642. The summed E-state index contributed by atoms with van der Waals surface area (Å²) in [5.74, 6) is 5.66. The van der Waals surface area contributed by atoms with Gasteiger partial charge in [-0.2, -0.15) is 0 Å². The van der Waals surface area contributed by atoms with E-state index in [0.717, 1.165) is 12.8 Å². The third-order valence-corrected chi connectivity index (χ3v) is 3.94. The smallest absolute Gasteiger partial charge is 0.0794 e. The van der Waals surface area contributed by atoms with Crippen LogP contribution in [-0.2, 0) is 12.8 Å². The molecule has 4 heteroatoms. The van der Waals surface area contributed by atoms with E-state index in [0.29, 0.717) is 0 Å². The molecule has 0 aliphatic heterocycles. The Hall–Kier alpha value is -1.23. The zero-order chi connectivity index (χ0) is 13.0. The molecule has 0 amide bonds. The molecule has 2 aromatic rings. The van der Waals surface area contributed by atoms with Gasteiger partial charge in [0.15, 0.2) is 0 Å². The molecule has 1 heterocycles. The van der Waals surface area contributed by atoms with Crippen LogP contribution in [0.15, 0.2) is 29.9 Å². The van der Waals surface area contributed by atoms with Gasteiger partial charge in [0.25, 0.3) is 0 Å². The summed E-state index contributed by atoms with van der Waals surface area (Å²) in [5, 5.41) is 0. The van der Waals surface area contributed by atoms with Crippen LogP contribution in [0.2, 0.25) is 0 Å². The first-order valence-electron chi connectivity index (χ1n) is 6.08. The monoisotopic (exact) mass is 261 g/mol. The van der Waals surface area contributed by atoms with E-state index in [4.69, 9.17) is 5.84 Å². The molecule has 0 radical (unpaired) electrons. The van der Waals surface area contributed by atoms with Crippen LogP contribution >= 0.6 is 11.3 Å². The molecule has 2 rings (SSSR count). The summed E-state index contributed by atoms with van der Waals surface area (Å²) in [5.41, 5.74) is 8.76. The van der Waals surface area contributed by atoms with Crippen molar-refractivity contribution in [2.24, 2.45) is 5.84 Å². The highest BCUT2D eigenvalue weighted by Crippen LogP contribution is 2.16. The van der Waals surface area contributed by atoms with E-state index >= 15 is 0 Å². The average molecular weight is 261 g/mol. The molecule has 1 atom stereocenters. The van der Waals surface area contributed by atoms with Crippen molar-refractivity contribution < 1.29 is 0 Å². The molecule has 0 spiro atoms. The van der Waals surface area contributed by atoms with Crippen LogP contribution in [-0.4, -0.2) is 11.0 Å². The number of rotatable bonds is 5. The zero-order valence-electron chi connectivity index (χ0n) is 10.8. The minimum absolute atomic E-state index is 0.256. The number of aromatic nitrogens is 1. The van der Waals surface area contributed by atoms with Crippen molar-refractivity contribution in [3.05, 3.63) is 51.5 Å². The van der Waals surface area contributed by atoms with E-state index in [9.17, 15) is 0 Å². The van der Waals surface area contributed by atoms with Gasteiger partial charge >= 0.3 is 0 Å². The predicted octanol–water partition coefficient (Wildman–Crippen LogP) is 2.38. The van der Waals surface area contributed by atoms with Crippen LogP contribution in [0.3, 0.4) is 0 Å². The molecule has 0 saturated carbocycles. The van der Waals surface area contributed by atoms with Crippen LogP contribution in [0.1, 0.15) is 21.6 Å². The van der Waals surface area contributed by atoms with Gasteiger partial charge in [0.2, 0.25) is 0 Å². The van der Waals surface area contributed by atoms with Gasteiger partial charge in [0.1, 0.15) is 0 Å². The Kier molecular flexibility index (Phi) is 4.47. The van der Waals surface area contributed by atoms with Crippen molar-refractivity contribution >= 4 is 11.3 Å². The first-order chi connectivity index (χ1) is 8.69. The SMILES string of the molecule is Cc1ccc(C)c(CC(Cc2cncs2)NN)c1. The molecule has 0 bridgehead atoms. The largest absolute Gasteiger partial charge is 0.271 e. The molecule has 1 aromatic heterocycles. The molecule has 1 unspecified atom stereocenters. The maximum absolute atomic E-state index is 5.66. The first-order valence-corrected chi connectivity index (χ1v) is 6.96. The molecule has 0 aliphatic carbocycles. The maximum Gasteiger partial charge on any atom is 0.0794 e. The molecule has 1 aromatic carbocycles. The van der Waals surface area contributed by atoms with Crippen molar-refractivity contribution in [3.8, 4) is 0 Å². The standard InChI is InChI=1S/C14H19N3S/c1-10-3-4-11(2)12(5-10)6-13(17-15)7-14-8-16-9-18-14/h3-5,8-9,13,17H,6-7,15H2,1-2H3. The van der Waals surface area contributed by atoms with Gasteiger partial charge in [-0.15, -0.1) is 11.3 Å². The van der Waals surface area contributed by atoms with Gasteiger partial charge in [-0.1, -0.05) is 23.8 Å². The van der Waals surface area contributed by atoms with E-state index < -0.39 is 0 Å². The number of hydrogen-bond donors (Lipinski definition) is 2. The molecule has 3 N–H and O–H groups in total. The van der Waals surface area contributed by atoms with Crippen LogP contribution in [0, 0.1) is 13.8 Å². The minimum Gasteiger partial charge on any atom is -0.271 e. The van der Waals surface area contributed by atoms with E-state index in [1.165, 1.54) is 21.6 Å². The van der Waals surface area contributed by atoms with Gasteiger partial charge in [-0.3, -0.25) is 16.3 Å². The summed E-state index contributed by atoms with van der Waals surface area (Å²) in [4.78, 5) is 5.37. The molecular formula is C14H19N3S. The van der Waals surface area contributed by atoms with E-state index in [1.54, 1.807) is 11.3 Å². The zero-order valence-corrected chi connectivity index (χ0v) is 11.6. The number of nitrogens with two attached hydrogens (primary N) is 1. The highest BCUT2D eigenvalue weighted by Gasteiger charge is 2.11. The van der Waals surface area contributed by atoms with Gasteiger partial charge in [-0.25, -0.2) is 0 Å². The lowest BCUT2D eigenvalue weighted by molar-refractivity contribution is 0.524. The van der Waals surface area contributed by atoms with Crippen molar-refractivity contribution in [3.63, 3.8) is 0 Å². The first kappa shape index (κ1) is 13.2. The van der Waals surface area contributed by atoms with Crippen LogP contribution in [0.4, 0.5) is 0 Å². The second kappa shape index (κ2) is 6.09. The summed E-state index contributed by atoms with van der Waals surface area (Å²) >= 11 is 1.68. The second-order valence-corrected chi connectivity index (χ2v) is 5.64. The van der Waals surface area contributed by atoms with Gasteiger partial charge < -0.3 is 0 Å². The van der Waals surface area contributed by atoms with Gasteiger partial charge in [0.05, 0.1) is 5.51 Å². The number of thiazole rings is 1. The topological polar surface area (TPSA) is 50.9 Å². The highest BCUT2D eigenvalue weighted by atomic mass is 32.1. The summed E-state index contributed by atoms with van der Waals surface area (Å²) in [7, 11) is 0. The van der Waals surface area contributed by atoms with E-state index in [1.807, 2.05) is 11.7 Å². The number of nitrogens with one attached hydrogen (secondary N) is 1. The molecule has 0 fully saturated rings. The number of hydrazine groups is 1. The fourth-order valence-corrected chi connectivity index (χ4v) is 2.74. The number of hydrogen-bond acceptors (Lipinski definition) is 4. The Bertz CT molecular complexity index is 494. The van der Waals surface area contributed by atoms with Crippen LogP contribution < -0.4 is 11.3 Å². The molecule has 18 heavy (non-hydrogen) atoms. The third kappa shape index (κ3) is 3.38. The lowest BCUT2D eigenvalue weighted by Gasteiger charge is -2.16. The third-order valence-electron chi connectivity index (χ3n) is 3.14. The van der Waals surface area contributed by atoms with Gasteiger partial charge in [-0.05, 0) is 31.4 Å². The van der Waals surface area contributed by atoms with Crippen molar-refractivity contribution in [1.29, 1.82) is 0 Å². The number of benzene rings is 1. The van der Waals surface area contributed by atoms with Crippen molar-refractivity contribution in [2.45, 2.75) is 32.7 Å². The van der Waals surface area contributed by atoms with Crippen molar-refractivity contribution in [1.82, 2.24) is 10.4 Å². The number of aryl methyl sites for hydroxylation is 2. The Morgan fingerprint density at radius 1 is 1.33 bits per heavy atom. The number of nitrogens with zero attached hydrogens (tertiary/aromatic N) is 1.